The summed E-state index contributed by atoms with van der Waals surface area (Å²) >= 11 is 1.63. The van der Waals surface area contributed by atoms with Gasteiger partial charge in [0.05, 0.1) is 6.16 Å². The molecule has 1 heterocycles. The topological polar surface area (TPSA) is 41.9 Å². The highest BCUT2D eigenvalue weighted by Gasteiger charge is 2.34. The first-order valence-corrected chi connectivity index (χ1v) is 8.41. The SMILES string of the molecule is CC1CP(=O)(Oc2ccccc2)N=C(N(C)C)S1. The lowest BCUT2D eigenvalue weighted by atomic mass is 10.3. The van der Waals surface area contributed by atoms with E-state index in [9.17, 15) is 4.57 Å². The number of rotatable bonds is 2. The predicted octanol–water partition coefficient (Wildman–Crippen LogP) is 3.31. The fraction of sp³-hybridized carbons (Fsp3) is 0.417. The van der Waals surface area contributed by atoms with Gasteiger partial charge in [-0.3, -0.25) is 4.57 Å². The Morgan fingerprint density at radius 2 is 2.06 bits per heavy atom. The molecule has 4 nitrogen and oxygen atoms in total. The largest absolute Gasteiger partial charge is 0.428 e. The molecule has 0 N–H and O–H groups in total. The molecule has 2 unspecified atom stereocenters. The highest BCUT2D eigenvalue weighted by atomic mass is 32.2. The first kappa shape index (κ1) is 13.5. The van der Waals surface area contributed by atoms with E-state index in [2.05, 4.69) is 4.76 Å². The highest BCUT2D eigenvalue weighted by Crippen LogP contribution is 2.54. The van der Waals surface area contributed by atoms with Crippen LogP contribution in [0.2, 0.25) is 0 Å². The minimum absolute atomic E-state index is 0.245. The fourth-order valence-electron chi connectivity index (χ4n) is 1.64. The van der Waals surface area contributed by atoms with Crippen molar-refractivity contribution in [1.82, 2.24) is 4.90 Å². The third-order valence-corrected chi connectivity index (χ3v) is 6.02. The lowest BCUT2D eigenvalue weighted by Crippen LogP contribution is -2.26. The standard InChI is InChI=1S/C12H17N2O2PS/c1-10-9-17(15,13-12(18-10)14(2)3)16-11-7-5-4-6-8-11/h4-8,10H,9H2,1-3H3. The van der Waals surface area contributed by atoms with Gasteiger partial charge in [0, 0.05) is 19.3 Å². The molecule has 1 aromatic carbocycles. The molecule has 1 aromatic rings. The van der Waals surface area contributed by atoms with Crippen molar-refractivity contribution < 1.29 is 9.09 Å². The van der Waals surface area contributed by atoms with Crippen LogP contribution in [0.15, 0.2) is 35.1 Å². The summed E-state index contributed by atoms with van der Waals surface area (Å²) < 4.78 is 22.6. The van der Waals surface area contributed by atoms with Crippen molar-refractivity contribution in [3.63, 3.8) is 0 Å². The van der Waals surface area contributed by atoms with Crippen molar-refractivity contribution in [2.75, 3.05) is 20.3 Å². The number of hydrogen-bond acceptors (Lipinski definition) is 4. The summed E-state index contributed by atoms with van der Waals surface area (Å²) in [5.74, 6) is 0.613. The van der Waals surface area contributed by atoms with Gasteiger partial charge in [-0.05, 0) is 12.1 Å². The van der Waals surface area contributed by atoms with E-state index in [-0.39, 0.29) is 5.25 Å². The summed E-state index contributed by atoms with van der Waals surface area (Å²) in [6.07, 6.45) is 0.476. The normalized spacial score (nSPS) is 27.5. The van der Waals surface area contributed by atoms with E-state index in [1.165, 1.54) is 0 Å². The van der Waals surface area contributed by atoms with Crippen LogP contribution in [0, 0.1) is 0 Å². The summed E-state index contributed by atoms with van der Waals surface area (Å²) in [6.45, 7) is 2.05. The zero-order valence-corrected chi connectivity index (χ0v) is 12.4. The Labute approximate surface area is 112 Å². The number of hydrogen-bond donors (Lipinski definition) is 0. The van der Waals surface area contributed by atoms with E-state index in [0.717, 1.165) is 5.17 Å². The van der Waals surface area contributed by atoms with Crippen molar-refractivity contribution >= 4 is 24.4 Å². The minimum atomic E-state index is -2.98. The van der Waals surface area contributed by atoms with E-state index in [1.54, 1.807) is 23.9 Å². The number of thioether (sulfide) groups is 1. The Balaban J connectivity index is 2.24. The third kappa shape index (κ3) is 3.30. The van der Waals surface area contributed by atoms with Gasteiger partial charge >= 0.3 is 7.52 Å². The maximum Gasteiger partial charge on any atom is 0.365 e. The Morgan fingerprint density at radius 1 is 1.39 bits per heavy atom. The predicted molar refractivity (Wildman–Crippen MR) is 77.7 cm³/mol. The Kier molecular flexibility index (Phi) is 4.03. The van der Waals surface area contributed by atoms with Crippen molar-refractivity contribution in [3.05, 3.63) is 30.3 Å². The molecule has 1 aliphatic heterocycles. The van der Waals surface area contributed by atoms with Crippen LogP contribution < -0.4 is 4.52 Å². The molecule has 0 bridgehead atoms. The summed E-state index contributed by atoms with van der Waals surface area (Å²) in [4.78, 5) is 1.88. The third-order valence-electron chi connectivity index (χ3n) is 2.41. The average molecular weight is 284 g/mol. The summed E-state index contributed by atoms with van der Waals surface area (Å²) in [5, 5.41) is 1.02. The molecule has 98 valence electrons. The molecule has 0 radical (unpaired) electrons. The van der Waals surface area contributed by atoms with Crippen LogP contribution in [0.25, 0.3) is 0 Å². The molecule has 18 heavy (non-hydrogen) atoms. The number of amidine groups is 1. The van der Waals surface area contributed by atoms with E-state index >= 15 is 0 Å². The van der Waals surface area contributed by atoms with Gasteiger partial charge in [-0.25, -0.2) is 0 Å². The van der Waals surface area contributed by atoms with E-state index in [1.807, 2.05) is 44.1 Å². The molecule has 0 aliphatic carbocycles. The van der Waals surface area contributed by atoms with E-state index in [0.29, 0.717) is 11.9 Å². The smallest absolute Gasteiger partial charge is 0.365 e. The van der Waals surface area contributed by atoms with E-state index in [4.69, 9.17) is 4.52 Å². The molecule has 2 rings (SSSR count). The second-order valence-corrected chi connectivity index (χ2v) is 7.86. The van der Waals surface area contributed by atoms with Gasteiger partial charge in [0.1, 0.15) is 5.75 Å². The van der Waals surface area contributed by atoms with Gasteiger partial charge in [-0.1, -0.05) is 36.9 Å². The average Bonchev–Trinajstić information content (AvgIpc) is 2.28. The van der Waals surface area contributed by atoms with Gasteiger partial charge in [0.2, 0.25) is 0 Å². The fourth-order valence-corrected chi connectivity index (χ4v) is 5.37. The Hall–Kier alpha value is -0.930. The molecule has 0 aromatic heterocycles. The van der Waals surface area contributed by atoms with Crippen molar-refractivity contribution in [2.24, 2.45) is 4.76 Å². The van der Waals surface area contributed by atoms with Gasteiger partial charge in [0.25, 0.3) is 0 Å². The van der Waals surface area contributed by atoms with Crippen LogP contribution in [0.5, 0.6) is 5.75 Å². The molecule has 1 aliphatic rings. The van der Waals surface area contributed by atoms with Gasteiger partial charge in [0.15, 0.2) is 5.17 Å². The van der Waals surface area contributed by atoms with Crippen molar-refractivity contribution in [3.8, 4) is 5.75 Å². The summed E-state index contributed by atoms with van der Waals surface area (Å²) in [5.41, 5.74) is 0. The lowest BCUT2D eigenvalue weighted by Gasteiger charge is -2.27. The van der Waals surface area contributed by atoms with Crippen LogP contribution in [0.1, 0.15) is 6.92 Å². The monoisotopic (exact) mass is 284 g/mol. The van der Waals surface area contributed by atoms with Crippen molar-refractivity contribution in [1.29, 1.82) is 0 Å². The molecule has 0 amide bonds. The molecular formula is C12H17N2O2PS. The highest BCUT2D eigenvalue weighted by molar-refractivity contribution is 8.15. The summed E-state index contributed by atoms with van der Waals surface area (Å²) in [6, 6.07) is 9.23. The van der Waals surface area contributed by atoms with Crippen LogP contribution >= 0.6 is 19.3 Å². The maximum atomic E-state index is 12.7. The second-order valence-electron chi connectivity index (χ2n) is 4.43. The van der Waals surface area contributed by atoms with Gasteiger partial charge in [-0.15, -0.1) is 0 Å². The number of benzene rings is 1. The molecule has 0 spiro atoms. The molecule has 0 fully saturated rings. The van der Waals surface area contributed by atoms with Crippen LogP contribution in [0.3, 0.4) is 0 Å². The lowest BCUT2D eigenvalue weighted by molar-refractivity contribution is 0.480. The number of para-hydroxylation sites is 1. The Bertz CT molecular complexity index is 490. The van der Waals surface area contributed by atoms with Gasteiger partial charge in [-0.2, -0.15) is 4.76 Å². The first-order chi connectivity index (χ1) is 8.48. The molecule has 0 saturated heterocycles. The number of nitrogens with zero attached hydrogens (tertiary/aromatic N) is 2. The first-order valence-electron chi connectivity index (χ1n) is 5.76. The van der Waals surface area contributed by atoms with E-state index < -0.39 is 7.52 Å². The Morgan fingerprint density at radius 3 is 2.67 bits per heavy atom. The zero-order valence-electron chi connectivity index (χ0n) is 10.7. The summed E-state index contributed by atoms with van der Waals surface area (Å²) in [7, 11) is 0.823. The molecule has 0 saturated carbocycles. The minimum Gasteiger partial charge on any atom is -0.428 e. The molecule has 6 heteroatoms. The van der Waals surface area contributed by atoms with Crippen LogP contribution in [-0.2, 0) is 4.57 Å². The van der Waals surface area contributed by atoms with Crippen molar-refractivity contribution in [2.45, 2.75) is 12.2 Å². The van der Waals surface area contributed by atoms with Crippen LogP contribution in [-0.4, -0.2) is 35.6 Å². The molecular weight excluding hydrogens is 267 g/mol. The quantitative estimate of drug-likeness (QED) is 0.781. The van der Waals surface area contributed by atoms with Gasteiger partial charge < -0.3 is 9.42 Å². The second kappa shape index (κ2) is 5.37. The van der Waals surface area contributed by atoms with Crippen LogP contribution in [0.4, 0.5) is 0 Å². The molecule has 2 atom stereocenters. The zero-order chi connectivity index (χ0) is 13.2. The maximum absolute atomic E-state index is 12.7.